The third-order valence-electron chi connectivity index (χ3n) is 3.29. The molecule has 0 saturated carbocycles. The predicted octanol–water partition coefficient (Wildman–Crippen LogP) is 3.33. The molecule has 0 aliphatic rings. The van der Waals surface area contributed by atoms with Crippen molar-refractivity contribution < 1.29 is 13.2 Å². The molecule has 0 aliphatic carbocycles. The summed E-state index contributed by atoms with van der Waals surface area (Å²) in [5.74, 6) is 1.06. The molecule has 7 heteroatoms. The van der Waals surface area contributed by atoms with Crippen molar-refractivity contribution in [2.24, 2.45) is 17.8 Å². The first-order chi connectivity index (χ1) is 9.12. The molecule has 0 saturated heterocycles. The van der Waals surface area contributed by atoms with Gasteiger partial charge >= 0.3 is 0 Å². The second kappa shape index (κ2) is 6.91. The Labute approximate surface area is 129 Å². The van der Waals surface area contributed by atoms with Gasteiger partial charge in [-0.05, 0) is 23.8 Å². The minimum absolute atomic E-state index is 0.00594. The molecule has 4 nitrogen and oxygen atoms in total. The van der Waals surface area contributed by atoms with E-state index in [-0.39, 0.29) is 10.1 Å². The second-order valence-electron chi connectivity index (χ2n) is 5.45. The molecule has 1 rings (SSSR count). The van der Waals surface area contributed by atoms with Crippen molar-refractivity contribution in [3.8, 4) is 0 Å². The molecule has 1 aromatic rings. The monoisotopic (exact) mass is 337 g/mol. The lowest BCUT2D eigenvalue weighted by Crippen LogP contribution is -2.33. The number of amides is 1. The Bertz CT molecular complexity index is 556. The van der Waals surface area contributed by atoms with Gasteiger partial charge in [-0.25, -0.2) is 8.42 Å². The predicted molar refractivity (Wildman–Crippen MR) is 82.9 cm³/mol. The van der Waals surface area contributed by atoms with Gasteiger partial charge in [0.25, 0.3) is 15.0 Å². The molecule has 114 valence electrons. The van der Waals surface area contributed by atoms with Gasteiger partial charge in [-0.3, -0.25) is 4.79 Å². The van der Waals surface area contributed by atoms with Crippen LogP contribution in [-0.4, -0.2) is 20.9 Å². The van der Waals surface area contributed by atoms with Crippen molar-refractivity contribution in [1.82, 2.24) is 5.32 Å². The van der Waals surface area contributed by atoms with E-state index in [0.717, 1.165) is 11.3 Å². The molecule has 0 aromatic carbocycles. The first-order valence-corrected chi connectivity index (χ1v) is 9.63. The molecule has 0 spiro atoms. The maximum atomic E-state index is 12.0. The van der Waals surface area contributed by atoms with Gasteiger partial charge in [-0.15, -0.1) is 11.3 Å². The number of halogens is 1. The fraction of sp³-hybridized carbons (Fsp3) is 0.615. The number of thiophene rings is 1. The fourth-order valence-corrected chi connectivity index (χ4v) is 4.06. The maximum Gasteiger partial charge on any atom is 0.270 e. The Morgan fingerprint density at radius 2 is 1.85 bits per heavy atom. The van der Waals surface area contributed by atoms with Gasteiger partial charge in [-0.1, -0.05) is 27.7 Å². The summed E-state index contributed by atoms with van der Waals surface area (Å²) in [6, 6.07) is 1.31. The quantitative estimate of drug-likeness (QED) is 0.810. The first kappa shape index (κ1) is 17.5. The average Bonchev–Trinajstić information content (AvgIpc) is 2.76. The van der Waals surface area contributed by atoms with E-state index in [0.29, 0.717) is 29.9 Å². The average molecular weight is 338 g/mol. The van der Waals surface area contributed by atoms with Crippen molar-refractivity contribution in [2.75, 3.05) is 6.54 Å². The molecular weight excluding hydrogens is 318 g/mol. The molecule has 20 heavy (non-hydrogen) atoms. The normalized spacial score (nSPS) is 12.4. The summed E-state index contributed by atoms with van der Waals surface area (Å²) < 4.78 is 22.3. The lowest BCUT2D eigenvalue weighted by molar-refractivity contribution is 0.0937. The summed E-state index contributed by atoms with van der Waals surface area (Å²) in [7, 11) is 1.48. The van der Waals surface area contributed by atoms with Crippen LogP contribution in [0.25, 0.3) is 0 Å². The van der Waals surface area contributed by atoms with Gasteiger partial charge in [-0.2, -0.15) is 0 Å². The Morgan fingerprint density at radius 1 is 1.30 bits per heavy atom. The fourth-order valence-electron chi connectivity index (χ4n) is 2.12. The van der Waals surface area contributed by atoms with Gasteiger partial charge in [0.2, 0.25) is 0 Å². The van der Waals surface area contributed by atoms with Gasteiger partial charge in [0.15, 0.2) is 0 Å². The molecule has 0 unspecified atom stereocenters. The van der Waals surface area contributed by atoms with E-state index in [1.165, 1.54) is 11.4 Å². The number of nitrogens with one attached hydrogen (secondary N) is 1. The van der Waals surface area contributed by atoms with E-state index in [4.69, 9.17) is 10.7 Å². The Balaban J connectivity index is 2.70. The topological polar surface area (TPSA) is 63.2 Å². The smallest absolute Gasteiger partial charge is 0.270 e. The molecular formula is C13H20ClNO3S2. The Morgan fingerprint density at radius 3 is 2.25 bits per heavy atom. The minimum atomic E-state index is -3.76. The van der Waals surface area contributed by atoms with Crippen molar-refractivity contribution in [1.29, 1.82) is 0 Å². The Kier molecular flexibility index (Phi) is 6.04. The van der Waals surface area contributed by atoms with Crippen LogP contribution in [0.3, 0.4) is 0 Å². The third-order valence-corrected chi connectivity index (χ3v) is 6.33. The number of hydrogen-bond acceptors (Lipinski definition) is 4. The standard InChI is InChI=1S/C13H20ClNO3S2/c1-8(2)11(9(3)4)6-15-13(16)10-5-12(19-7-10)20(14,17)18/h5,7-9,11H,6H2,1-4H3,(H,15,16). The van der Waals surface area contributed by atoms with Crippen molar-refractivity contribution in [2.45, 2.75) is 31.9 Å². The number of hydrogen-bond donors (Lipinski definition) is 1. The summed E-state index contributed by atoms with van der Waals surface area (Å²) in [6.45, 7) is 9.07. The van der Waals surface area contributed by atoms with Crippen molar-refractivity contribution in [3.63, 3.8) is 0 Å². The molecule has 0 radical (unpaired) electrons. The second-order valence-corrected chi connectivity index (χ2v) is 9.16. The molecule has 1 amide bonds. The van der Waals surface area contributed by atoms with Crippen LogP contribution in [0.1, 0.15) is 38.1 Å². The van der Waals surface area contributed by atoms with Gasteiger partial charge in [0.1, 0.15) is 4.21 Å². The minimum Gasteiger partial charge on any atom is -0.352 e. The van der Waals surface area contributed by atoms with Gasteiger partial charge in [0, 0.05) is 22.6 Å². The lowest BCUT2D eigenvalue weighted by atomic mass is 9.85. The molecule has 1 heterocycles. The van der Waals surface area contributed by atoms with E-state index >= 15 is 0 Å². The maximum absolute atomic E-state index is 12.0. The Hall–Kier alpha value is -0.590. The molecule has 1 N–H and O–H groups in total. The zero-order valence-electron chi connectivity index (χ0n) is 12.0. The van der Waals surface area contributed by atoms with Crippen LogP contribution in [0.4, 0.5) is 0 Å². The third kappa shape index (κ3) is 4.75. The van der Waals surface area contributed by atoms with Crippen LogP contribution < -0.4 is 5.32 Å². The summed E-state index contributed by atoms with van der Waals surface area (Å²) in [6.07, 6.45) is 0. The van der Waals surface area contributed by atoms with Crippen LogP contribution in [0.15, 0.2) is 15.7 Å². The number of carbonyl (C=O) groups is 1. The lowest BCUT2D eigenvalue weighted by Gasteiger charge is -2.24. The van der Waals surface area contributed by atoms with Crippen LogP contribution in [0.2, 0.25) is 0 Å². The number of carbonyl (C=O) groups excluding carboxylic acids is 1. The summed E-state index contributed by atoms with van der Waals surface area (Å²) >= 11 is 0.951. The molecule has 1 aromatic heterocycles. The molecule has 0 bridgehead atoms. The van der Waals surface area contributed by atoms with Crippen LogP contribution in [0.5, 0.6) is 0 Å². The van der Waals surface area contributed by atoms with Crippen LogP contribution in [-0.2, 0) is 9.05 Å². The van der Waals surface area contributed by atoms with Crippen LogP contribution in [0, 0.1) is 17.8 Å². The van der Waals surface area contributed by atoms with Gasteiger partial charge in [0.05, 0.1) is 5.56 Å². The highest BCUT2D eigenvalue weighted by Crippen LogP contribution is 2.24. The van der Waals surface area contributed by atoms with Gasteiger partial charge < -0.3 is 5.32 Å². The molecule has 0 aliphatic heterocycles. The highest BCUT2D eigenvalue weighted by Gasteiger charge is 2.20. The van der Waals surface area contributed by atoms with Crippen molar-refractivity contribution >= 4 is 37.0 Å². The van der Waals surface area contributed by atoms with E-state index in [2.05, 4.69) is 33.0 Å². The summed E-state index contributed by atoms with van der Waals surface area (Å²) in [4.78, 5) is 12.0. The summed E-state index contributed by atoms with van der Waals surface area (Å²) in [5, 5.41) is 4.36. The largest absolute Gasteiger partial charge is 0.352 e. The van der Waals surface area contributed by atoms with E-state index in [1.807, 2.05) is 0 Å². The molecule has 0 atom stereocenters. The van der Waals surface area contributed by atoms with E-state index in [1.54, 1.807) is 0 Å². The zero-order valence-corrected chi connectivity index (χ0v) is 14.4. The molecule has 0 fully saturated rings. The summed E-state index contributed by atoms with van der Waals surface area (Å²) in [5.41, 5.74) is 0.334. The van der Waals surface area contributed by atoms with Crippen LogP contribution >= 0.6 is 22.0 Å². The van der Waals surface area contributed by atoms with E-state index in [9.17, 15) is 13.2 Å². The number of rotatable bonds is 6. The highest BCUT2D eigenvalue weighted by atomic mass is 35.7. The SMILES string of the molecule is CC(C)C(CNC(=O)c1csc(S(=O)(=O)Cl)c1)C(C)C. The highest BCUT2D eigenvalue weighted by molar-refractivity contribution is 8.15. The zero-order chi connectivity index (χ0) is 15.5. The van der Waals surface area contributed by atoms with E-state index < -0.39 is 9.05 Å². The van der Waals surface area contributed by atoms with Crippen molar-refractivity contribution in [3.05, 3.63) is 17.0 Å². The first-order valence-electron chi connectivity index (χ1n) is 6.44.